The second kappa shape index (κ2) is 8.27. The van der Waals surface area contributed by atoms with E-state index < -0.39 is 12.4 Å². The number of alkyl halides is 3. The summed E-state index contributed by atoms with van der Waals surface area (Å²) in [5, 5.41) is 5.11. The van der Waals surface area contributed by atoms with Crippen molar-refractivity contribution in [2.24, 2.45) is 0 Å². The number of benzene rings is 2. The highest BCUT2D eigenvalue weighted by molar-refractivity contribution is 5.74. The SMILES string of the molecule is COc1ccccc1CNC(=O)NCc1ccccc1OC(F)(F)F. The van der Waals surface area contributed by atoms with Gasteiger partial charge in [0, 0.05) is 24.2 Å². The number of methoxy groups -OCH3 is 1. The van der Waals surface area contributed by atoms with Gasteiger partial charge in [0.05, 0.1) is 7.11 Å². The molecule has 0 aromatic heterocycles. The number of urea groups is 1. The number of para-hydroxylation sites is 2. The minimum absolute atomic E-state index is 0.107. The molecule has 0 bridgehead atoms. The molecule has 2 rings (SSSR count). The lowest BCUT2D eigenvalue weighted by molar-refractivity contribution is -0.274. The Kier molecular flexibility index (Phi) is 6.10. The Morgan fingerprint density at radius 2 is 1.40 bits per heavy atom. The third-order valence-corrected chi connectivity index (χ3v) is 3.27. The minimum atomic E-state index is -4.79. The summed E-state index contributed by atoms with van der Waals surface area (Å²) < 4.78 is 46.2. The molecule has 2 N–H and O–H groups in total. The van der Waals surface area contributed by atoms with Crippen molar-refractivity contribution < 1.29 is 27.4 Å². The monoisotopic (exact) mass is 354 g/mol. The van der Waals surface area contributed by atoms with Crippen molar-refractivity contribution in [3.8, 4) is 11.5 Å². The molecule has 25 heavy (non-hydrogen) atoms. The summed E-state index contributed by atoms with van der Waals surface area (Å²) in [6.45, 7) is 0.112. The predicted molar refractivity (Wildman–Crippen MR) is 85.2 cm³/mol. The first kappa shape index (κ1) is 18.4. The van der Waals surface area contributed by atoms with Crippen LogP contribution in [0.2, 0.25) is 0 Å². The van der Waals surface area contributed by atoms with Crippen LogP contribution in [0.25, 0.3) is 0 Å². The van der Waals surface area contributed by atoms with Crippen molar-refractivity contribution >= 4 is 6.03 Å². The summed E-state index contributed by atoms with van der Waals surface area (Å²) >= 11 is 0. The molecule has 0 aliphatic heterocycles. The standard InChI is InChI=1S/C17H17F3N2O3/c1-24-14-8-4-2-6-12(14)10-21-16(23)22-11-13-7-3-5-9-15(13)25-17(18,19)20/h2-9H,10-11H2,1H3,(H2,21,22,23). The van der Waals surface area contributed by atoms with Gasteiger partial charge in [-0.25, -0.2) is 4.79 Å². The Bertz CT molecular complexity index is 720. The second-order valence-corrected chi connectivity index (χ2v) is 5.00. The van der Waals surface area contributed by atoms with Crippen molar-refractivity contribution in [3.05, 3.63) is 59.7 Å². The molecule has 2 aromatic rings. The quantitative estimate of drug-likeness (QED) is 0.833. The molecular formula is C17H17F3N2O3. The highest BCUT2D eigenvalue weighted by Gasteiger charge is 2.31. The van der Waals surface area contributed by atoms with Gasteiger partial charge in [0.15, 0.2) is 0 Å². The van der Waals surface area contributed by atoms with Gasteiger partial charge in [-0.2, -0.15) is 0 Å². The van der Waals surface area contributed by atoms with Crippen molar-refractivity contribution in [1.82, 2.24) is 10.6 Å². The Labute approximate surface area is 142 Å². The molecule has 0 aliphatic carbocycles. The Morgan fingerprint density at radius 3 is 1.92 bits per heavy atom. The lowest BCUT2D eigenvalue weighted by Gasteiger charge is -2.14. The fourth-order valence-corrected chi connectivity index (χ4v) is 2.14. The number of nitrogens with one attached hydrogen (secondary N) is 2. The lowest BCUT2D eigenvalue weighted by Crippen LogP contribution is -2.34. The van der Waals surface area contributed by atoms with Gasteiger partial charge in [0.25, 0.3) is 0 Å². The van der Waals surface area contributed by atoms with E-state index in [1.54, 1.807) is 24.3 Å². The molecule has 0 aliphatic rings. The maximum absolute atomic E-state index is 12.4. The first-order valence-electron chi connectivity index (χ1n) is 7.36. The zero-order valence-corrected chi connectivity index (χ0v) is 13.4. The Morgan fingerprint density at radius 1 is 0.920 bits per heavy atom. The van der Waals surface area contributed by atoms with E-state index in [1.165, 1.54) is 25.3 Å². The van der Waals surface area contributed by atoms with E-state index in [2.05, 4.69) is 15.4 Å². The lowest BCUT2D eigenvalue weighted by atomic mass is 10.2. The van der Waals surface area contributed by atoms with E-state index >= 15 is 0 Å². The number of rotatable bonds is 6. The van der Waals surface area contributed by atoms with E-state index in [0.29, 0.717) is 5.75 Å². The first-order valence-corrected chi connectivity index (χ1v) is 7.36. The molecule has 0 atom stereocenters. The van der Waals surface area contributed by atoms with Crippen LogP contribution < -0.4 is 20.1 Å². The van der Waals surface area contributed by atoms with Gasteiger partial charge in [-0.1, -0.05) is 36.4 Å². The first-order chi connectivity index (χ1) is 11.9. The zero-order chi connectivity index (χ0) is 18.3. The maximum atomic E-state index is 12.4. The number of carbonyl (C=O) groups excluding carboxylic acids is 1. The van der Waals surface area contributed by atoms with Crippen molar-refractivity contribution in [2.45, 2.75) is 19.5 Å². The van der Waals surface area contributed by atoms with E-state index in [0.717, 1.165) is 5.56 Å². The van der Waals surface area contributed by atoms with Crippen LogP contribution in [-0.2, 0) is 13.1 Å². The molecule has 134 valence electrons. The van der Waals surface area contributed by atoms with Crippen LogP contribution in [-0.4, -0.2) is 19.5 Å². The second-order valence-electron chi connectivity index (χ2n) is 5.00. The molecule has 0 heterocycles. The minimum Gasteiger partial charge on any atom is -0.496 e. The summed E-state index contributed by atoms with van der Waals surface area (Å²) in [5.41, 5.74) is 0.994. The van der Waals surface area contributed by atoms with E-state index in [-0.39, 0.29) is 24.4 Å². The third kappa shape index (κ3) is 5.91. The molecule has 0 saturated carbocycles. The van der Waals surface area contributed by atoms with Gasteiger partial charge in [-0.15, -0.1) is 13.2 Å². The predicted octanol–water partition coefficient (Wildman–Crippen LogP) is 3.59. The normalized spacial score (nSPS) is 10.9. The summed E-state index contributed by atoms with van der Waals surface area (Å²) in [6.07, 6.45) is -4.79. The largest absolute Gasteiger partial charge is 0.573 e. The number of halogens is 3. The number of hydrogen-bond acceptors (Lipinski definition) is 3. The van der Waals surface area contributed by atoms with Gasteiger partial charge in [-0.05, 0) is 12.1 Å². The molecule has 2 aromatic carbocycles. The number of amides is 2. The molecular weight excluding hydrogens is 337 g/mol. The van der Waals surface area contributed by atoms with Crippen LogP contribution in [0.3, 0.4) is 0 Å². The molecule has 2 amide bonds. The van der Waals surface area contributed by atoms with Crippen molar-refractivity contribution in [1.29, 1.82) is 0 Å². The topological polar surface area (TPSA) is 59.6 Å². The van der Waals surface area contributed by atoms with E-state index in [4.69, 9.17) is 4.74 Å². The maximum Gasteiger partial charge on any atom is 0.573 e. The number of hydrogen-bond donors (Lipinski definition) is 2. The van der Waals surface area contributed by atoms with Crippen LogP contribution in [0.4, 0.5) is 18.0 Å². The fraction of sp³-hybridized carbons (Fsp3) is 0.235. The number of ether oxygens (including phenoxy) is 2. The molecule has 0 saturated heterocycles. The average Bonchev–Trinajstić information content (AvgIpc) is 2.58. The van der Waals surface area contributed by atoms with Gasteiger partial charge in [-0.3, -0.25) is 0 Å². The van der Waals surface area contributed by atoms with Gasteiger partial charge in [0.1, 0.15) is 11.5 Å². The van der Waals surface area contributed by atoms with Crippen LogP contribution in [0, 0.1) is 0 Å². The third-order valence-electron chi connectivity index (χ3n) is 3.27. The van der Waals surface area contributed by atoms with Crippen molar-refractivity contribution in [2.75, 3.05) is 7.11 Å². The number of carbonyl (C=O) groups is 1. The molecule has 5 nitrogen and oxygen atoms in total. The molecule has 0 spiro atoms. The van der Waals surface area contributed by atoms with Gasteiger partial charge >= 0.3 is 12.4 Å². The summed E-state index contributed by atoms with van der Waals surface area (Å²) in [7, 11) is 1.52. The van der Waals surface area contributed by atoms with Gasteiger partial charge in [0.2, 0.25) is 0 Å². The van der Waals surface area contributed by atoms with E-state index in [1.807, 2.05) is 6.07 Å². The fourth-order valence-electron chi connectivity index (χ4n) is 2.14. The van der Waals surface area contributed by atoms with Crippen molar-refractivity contribution in [3.63, 3.8) is 0 Å². The van der Waals surface area contributed by atoms with Crippen LogP contribution in [0.1, 0.15) is 11.1 Å². The van der Waals surface area contributed by atoms with Crippen LogP contribution in [0.15, 0.2) is 48.5 Å². The average molecular weight is 354 g/mol. The Hall–Kier alpha value is -2.90. The van der Waals surface area contributed by atoms with Crippen LogP contribution in [0.5, 0.6) is 11.5 Å². The molecule has 0 fully saturated rings. The highest BCUT2D eigenvalue weighted by Crippen LogP contribution is 2.26. The highest BCUT2D eigenvalue weighted by atomic mass is 19.4. The smallest absolute Gasteiger partial charge is 0.496 e. The van der Waals surface area contributed by atoms with Gasteiger partial charge < -0.3 is 20.1 Å². The molecule has 0 unspecified atom stereocenters. The molecule has 8 heteroatoms. The molecule has 0 radical (unpaired) electrons. The summed E-state index contributed by atoms with van der Waals surface area (Å²) in [6, 6.07) is 12.3. The Balaban J connectivity index is 1.90. The zero-order valence-electron chi connectivity index (χ0n) is 13.4. The summed E-state index contributed by atoms with van der Waals surface area (Å²) in [5.74, 6) is 0.284. The summed E-state index contributed by atoms with van der Waals surface area (Å²) in [4.78, 5) is 11.9. The van der Waals surface area contributed by atoms with Crippen LogP contribution >= 0.6 is 0 Å². The van der Waals surface area contributed by atoms with E-state index in [9.17, 15) is 18.0 Å².